The topological polar surface area (TPSA) is 65.2 Å². The number of aromatic nitrogens is 1. The number of amides is 1. The molecular weight excluding hydrogens is 551 g/mol. The highest BCUT2D eigenvalue weighted by Gasteiger charge is 2.47. The number of aromatic amines is 1. The summed E-state index contributed by atoms with van der Waals surface area (Å²) in [6, 6.07) is 3.75. The van der Waals surface area contributed by atoms with E-state index >= 15 is 0 Å². The van der Waals surface area contributed by atoms with E-state index in [-0.39, 0.29) is 28.4 Å². The number of hydrogen-bond donors (Lipinski definition) is 2. The second kappa shape index (κ2) is 9.92. The van der Waals surface area contributed by atoms with Crippen molar-refractivity contribution < 1.29 is 35.5 Å². The third-order valence-corrected chi connectivity index (χ3v) is 8.31. The number of H-pyrrole nitrogens is 1. The van der Waals surface area contributed by atoms with Crippen molar-refractivity contribution in [3.63, 3.8) is 0 Å². The Kier molecular flexibility index (Phi) is 7.03. The molecule has 0 bridgehead atoms. The third kappa shape index (κ3) is 5.84. The average molecular weight is 576 g/mol. The first-order chi connectivity index (χ1) is 18.2. The molecule has 1 atom stereocenters. The van der Waals surface area contributed by atoms with Gasteiger partial charge < -0.3 is 15.2 Å². The van der Waals surface area contributed by atoms with Crippen LogP contribution in [-0.2, 0) is 30.2 Å². The largest absolute Gasteiger partial charge is 0.416 e. The molecule has 1 saturated heterocycles. The predicted molar refractivity (Wildman–Crippen MR) is 130 cm³/mol. The molecule has 1 aliphatic carbocycles. The molecule has 1 unspecified atom stereocenters. The second-order valence-corrected chi connectivity index (χ2v) is 11.3. The average Bonchev–Trinajstić information content (AvgIpc) is 3.36. The summed E-state index contributed by atoms with van der Waals surface area (Å²) in [6.07, 6.45) is -7.13. The van der Waals surface area contributed by atoms with Gasteiger partial charge >= 0.3 is 17.2 Å². The standard InChI is InChI=1S/C26H24F7N3O2S/c27-19-4-3-16(21-20(19)35-23(38)39-21)12-36(22(37)24(5-6-34-13-24)10-14-1-2-14)11-15-7-17(25(28,29)30)9-18(8-15)26(31,32)33/h3-4,7-9,14,34H,1-2,5-6,10-13H2,(H,35,38). The van der Waals surface area contributed by atoms with Crippen LogP contribution in [0.3, 0.4) is 0 Å². The number of nitrogens with one attached hydrogen (secondary N) is 2. The highest BCUT2D eigenvalue weighted by Crippen LogP contribution is 2.45. The molecule has 0 radical (unpaired) electrons. The van der Waals surface area contributed by atoms with Crippen molar-refractivity contribution in [2.45, 2.75) is 51.1 Å². The minimum Gasteiger partial charge on any atom is -0.333 e. The Morgan fingerprint density at radius 3 is 2.26 bits per heavy atom. The fourth-order valence-corrected chi connectivity index (χ4v) is 6.17. The van der Waals surface area contributed by atoms with E-state index in [0.29, 0.717) is 49.5 Å². The normalized spacial score (nSPS) is 20.1. The Balaban J connectivity index is 1.58. The number of thiazole rings is 1. The molecule has 2 aliphatic rings. The summed E-state index contributed by atoms with van der Waals surface area (Å²) in [5, 5.41) is 3.17. The molecule has 1 amide bonds. The Bertz CT molecular complexity index is 1420. The van der Waals surface area contributed by atoms with Gasteiger partial charge in [-0.05, 0) is 60.7 Å². The molecule has 39 heavy (non-hydrogen) atoms. The van der Waals surface area contributed by atoms with Gasteiger partial charge in [-0.15, -0.1) is 0 Å². The zero-order chi connectivity index (χ0) is 28.2. The second-order valence-electron chi connectivity index (χ2n) is 10.4. The van der Waals surface area contributed by atoms with Crippen LogP contribution in [0.5, 0.6) is 0 Å². The van der Waals surface area contributed by atoms with Crippen LogP contribution >= 0.6 is 11.3 Å². The van der Waals surface area contributed by atoms with Crippen molar-refractivity contribution in [3.8, 4) is 0 Å². The van der Waals surface area contributed by atoms with Gasteiger partial charge in [0.1, 0.15) is 5.82 Å². The molecule has 2 aromatic carbocycles. The van der Waals surface area contributed by atoms with Gasteiger partial charge in [0.05, 0.1) is 26.8 Å². The third-order valence-electron chi connectivity index (χ3n) is 7.35. The van der Waals surface area contributed by atoms with Crippen LogP contribution in [0.1, 0.15) is 47.9 Å². The molecular formula is C26H24F7N3O2S. The lowest BCUT2D eigenvalue weighted by atomic mass is 9.80. The van der Waals surface area contributed by atoms with Crippen LogP contribution in [0.2, 0.25) is 0 Å². The quantitative estimate of drug-likeness (QED) is 0.336. The monoisotopic (exact) mass is 575 g/mol. The first-order valence-electron chi connectivity index (χ1n) is 12.3. The van der Waals surface area contributed by atoms with Gasteiger partial charge in [0.25, 0.3) is 0 Å². The fraction of sp³-hybridized carbons (Fsp3) is 0.462. The summed E-state index contributed by atoms with van der Waals surface area (Å²) in [5.74, 6) is -0.762. The lowest BCUT2D eigenvalue weighted by Crippen LogP contribution is -2.45. The molecule has 1 aliphatic heterocycles. The SMILES string of the molecule is O=C(N(Cc1cc(C(F)(F)F)cc(C(F)(F)F)c1)Cc1ccc(F)c2[nH]c(=O)sc12)C1(CC2CC2)CCNC1. The highest BCUT2D eigenvalue weighted by molar-refractivity contribution is 7.16. The minimum atomic E-state index is -5.03. The Morgan fingerprint density at radius 2 is 1.69 bits per heavy atom. The van der Waals surface area contributed by atoms with Crippen molar-refractivity contribution in [3.05, 3.63) is 68.1 Å². The number of nitrogens with zero attached hydrogens (tertiary/aromatic N) is 1. The number of carbonyl (C=O) groups is 1. The fourth-order valence-electron chi connectivity index (χ4n) is 5.31. The van der Waals surface area contributed by atoms with Crippen molar-refractivity contribution in [1.82, 2.24) is 15.2 Å². The van der Waals surface area contributed by atoms with Gasteiger partial charge in [-0.1, -0.05) is 30.2 Å². The predicted octanol–water partition coefficient (Wildman–Crippen LogP) is 6.07. The number of hydrogen-bond acceptors (Lipinski definition) is 4. The van der Waals surface area contributed by atoms with E-state index in [9.17, 15) is 40.3 Å². The number of halogens is 7. The van der Waals surface area contributed by atoms with Crippen LogP contribution < -0.4 is 10.2 Å². The first kappa shape index (κ1) is 27.6. The molecule has 2 heterocycles. The van der Waals surface area contributed by atoms with Crippen molar-refractivity contribution in [1.29, 1.82) is 0 Å². The van der Waals surface area contributed by atoms with E-state index in [1.165, 1.54) is 11.0 Å². The molecule has 5 rings (SSSR count). The van der Waals surface area contributed by atoms with Crippen LogP contribution in [-0.4, -0.2) is 28.9 Å². The van der Waals surface area contributed by atoms with Gasteiger partial charge in [-0.25, -0.2) is 4.39 Å². The molecule has 210 valence electrons. The molecule has 1 saturated carbocycles. The van der Waals surface area contributed by atoms with Crippen molar-refractivity contribution in [2.24, 2.45) is 11.3 Å². The Hall–Kier alpha value is -2.93. The van der Waals surface area contributed by atoms with Gasteiger partial charge in [-0.3, -0.25) is 9.59 Å². The summed E-state index contributed by atoms with van der Waals surface area (Å²) in [6.45, 7) is 0.129. The zero-order valence-corrected chi connectivity index (χ0v) is 21.3. The Labute approximate surface area is 222 Å². The van der Waals surface area contributed by atoms with Crippen LogP contribution in [0.25, 0.3) is 10.2 Å². The molecule has 0 spiro atoms. The summed E-state index contributed by atoms with van der Waals surface area (Å²) >= 11 is 0.718. The van der Waals surface area contributed by atoms with Gasteiger partial charge in [0, 0.05) is 19.6 Å². The maximum absolute atomic E-state index is 14.3. The number of fused-ring (bicyclic) bond motifs is 1. The lowest BCUT2D eigenvalue weighted by Gasteiger charge is -2.35. The van der Waals surface area contributed by atoms with E-state index in [1.54, 1.807) is 0 Å². The van der Waals surface area contributed by atoms with Gasteiger partial charge in [-0.2, -0.15) is 26.3 Å². The summed E-state index contributed by atoms with van der Waals surface area (Å²) < 4.78 is 95.7. The van der Waals surface area contributed by atoms with Crippen molar-refractivity contribution >= 4 is 27.5 Å². The number of benzene rings is 2. The maximum Gasteiger partial charge on any atom is 0.416 e. The highest BCUT2D eigenvalue weighted by atomic mass is 32.1. The number of alkyl halides is 6. The van der Waals surface area contributed by atoms with Crippen LogP contribution in [0.15, 0.2) is 35.1 Å². The molecule has 2 fully saturated rings. The zero-order valence-electron chi connectivity index (χ0n) is 20.4. The molecule has 2 N–H and O–H groups in total. The van der Waals surface area contributed by atoms with Crippen molar-refractivity contribution in [2.75, 3.05) is 13.1 Å². The molecule has 1 aromatic heterocycles. The van der Waals surface area contributed by atoms with E-state index in [0.717, 1.165) is 30.2 Å². The number of rotatable bonds is 7. The molecule has 3 aromatic rings. The molecule has 13 heteroatoms. The van der Waals surface area contributed by atoms with E-state index in [2.05, 4.69) is 10.3 Å². The summed E-state index contributed by atoms with van der Waals surface area (Å²) in [4.78, 5) is 29.2. The smallest absolute Gasteiger partial charge is 0.333 e. The van der Waals surface area contributed by atoms with E-state index in [1.807, 2.05) is 0 Å². The maximum atomic E-state index is 14.3. The lowest BCUT2D eigenvalue weighted by molar-refractivity contribution is -0.143. The summed E-state index contributed by atoms with van der Waals surface area (Å²) in [5.41, 5.74) is -3.84. The Morgan fingerprint density at radius 1 is 1.03 bits per heavy atom. The number of carbonyl (C=O) groups excluding carboxylic acids is 1. The first-order valence-corrected chi connectivity index (χ1v) is 13.2. The van der Waals surface area contributed by atoms with E-state index < -0.39 is 52.0 Å². The van der Waals surface area contributed by atoms with Gasteiger partial charge in [0.15, 0.2) is 0 Å². The minimum absolute atomic E-state index is 0.0475. The van der Waals surface area contributed by atoms with Crippen LogP contribution in [0.4, 0.5) is 30.7 Å². The van der Waals surface area contributed by atoms with Gasteiger partial charge in [0.2, 0.25) is 5.91 Å². The van der Waals surface area contributed by atoms with Crippen LogP contribution in [0, 0.1) is 17.2 Å². The van der Waals surface area contributed by atoms with E-state index in [4.69, 9.17) is 0 Å². The molecule has 5 nitrogen and oxygen atoms in total. The summed E-state index contributed by atoms with van der Waals surface area (Å²) in [7, 11) is 0.